The highest BCUT2D eigenvalue weighted by molar-refractivity contribution is 9.10. The molecule has 2 N–H and O–H groups in total. The molecule has 124 valence electrons. The summed E-state index contributed by atoms with van der Waals surface area (Å²) < 4.78 is 1.57. The van der Waals surface area contributed by atoms with E-state index in [4.69, 9.17) is 17.3 Å². The van der Waals surface area contributed by atoms with E-state index in [1.807, 2.05) is 24.3 Å². The van der Waals surface area contributed by atoms with Gasteiger partial charge in [-0.3, -0.25) is 4.79 Å². The Kier molecular flexibility index (Phi) is 6.42. The molecule has 3 nitrogen and oxygen atoms in total. The van der Waals surface area contributed by atoms with Crippen LogP contribution in [0.15, 0.2) is 40.0 Å². The van der Waals surface area contributed by atoms with Crippen molar-refractivity contribution in [2.45, 2.75) is 26.7 Å². The molecular formula is C17H20BrNO2S2. The van der Waals surface area contributed by atoms with E-state index < -0.39 is 0 Å². The first-order chi connectivity index (χ1) is 10.8. The van der Waals surface area contributed by atoms with Crippen molar-refractivity contribution in [3.05, 3.63) is 40.0 Å². The molecule has 0 saturated heterocycles. The molecule has 1 aromatic carbocycles. The highest BCUT2D eigenvalue weighted by Gasteiger charge is 2.34. The number of hydrogen-bond acceptors (Lipinski definition) is 5. The number of benzene rings is 1. The average Bonchev–Trinajstić information content (AvgIpc) is 2.45. The summed E-state index contributed by atoms with van der Waals surface area (Å²) in [4.78, 5) is 12.6. The lowest BCUT2D eigenvalue weighted by atomic mass is 9.76. The highest BCUT2D eigenvalue weighted by atomic mass is 79.9. The number of anilines is 1. The lowest BCUT2D eigenvalue weighted by Gasteiger charge is -2.32. The first-order valence-electron chi connectivity index (χ1n) is 7.39. The zero-order valence-electron chi connectivity index (χ0n) is 13.2. The van der Waals surface area contributed by atoms with E-state index in [0.29, 0.717) is 21.9 Å². The number of ketones is 1. The number of carbonyl (C=O) groups is 1. The van der Waals surface area contributed by atoms with Gasteiger partial charge in [0.15, 0.2) is 5.78 Å². The smallest absolute Gasteiger partial charge is 0.167 e. The summed E-state index contributed by atoms with van der Waals surface area (Å²) in [5, 5.41) is 12.4. The molecular weight excluding hydrogens is 394 g/mol. The SMILES string of the molecule is CC1(C)CC(=O)C(C(=S)SCCO)=C(Nc2ccc(Br)cc2)C1. The third kappa shape index (κ3) is 5.14. The molecule has 6 heteroatoms. The lowest BCUT2D eigenvalue weighted by Crippen LogP contribution is -2.30. The maximum absolute atomic E-state index is 12.6. The van der Waals surface area contributed by atoms with Crippen LogP contribution in [0.25, 0.3) is 0 Å². The molecule has 0 amide bonds. The van der Waals surface area contributed by atoms with Crippen molar-refractivity contribution in [3.63, 3.8) is 0 Å². The van der Waals surface area contributed by atoms with Gasteiger partial charge in [0.1, 0.15) is 0 Å². The third-order valence-corrected chi connectivity index (χ3v) is 5.48. The Labute approximate surface area is 155 Å². The number of carbonyl (C=O) groups excluding carboxylic acids is 1. The first kappa shape index (κ1) is 18.6. The Bertz CT molecular complexity index is 638. The second kappa shape index (κ2) is 7.92. The minimum Gasteiger partial charge on any atom is -0.396 e. The Hall–Kier alpha value is -0.690. The summed E-state index contributed by atoms with van der Waals surface area (Å²) in [6, 6.07) is 7.84. The van der Waals surface area contributed by atoms with E-state index in [9.17, 15) is 4.79 Å². The minimum atomic E-state index is -0.0878. The number of Topliss-reactive ketones (excluding diaryl/α,β-unsaturated/α-hetero) is 1. The fraction of sp³-hybridized carbons (Fsp3) is 0.412. The summed E-state index contributed by atoms with van der Waals surface area (Å²) in [6.07, 6.45) is 1.26. The van der Waals surface area contributed by atoms with Gasteiger partial charge in [-0.05, 0) is 36.1 Å². The molecule has 0 atom stereocenters. The van der Waals surface area contributed by atoms with Crippen LogP contribution in [0.1, 0.15) is 26.7 Å². The van der Waals surface area contributed by atoms with Crippen LogP contribution in [0.4, 0.5) is 5.69 Å². The molecule has 0 radical (unpaired) electrons. The maximum atomic E-state index is 12.6. The molecule has 1 aliphatic rings. The van der Waals surface area contributed by atoms with Crippen molar-refractivity contribution >= 4 is 55.6 Å². The van der Waals surface area contributed by atoms with Crippen LogP contribution in [0.2, 0.25) is 0 Å². The summed E-state index contributed by atoms with van der Waals surface area (Å²) in [5.74, 6) is 0.584. The van der Waals surface area contributed by atoms with E-state index in [0.717, 1.165) is 22.3 Å². The van der Waals surface area contributed by atoms with Crippen molar-refractivity contribution < 1.29 is 9.90 Å². The fourth-order valence-electron chi connectivity index (χ4n) is 2.58. The maximum Gasteiger partial charge on any atom is 0.167 e. The predicted octanol–water partition coefficient (Wildman–Crippen LogP) is 4.56. The van der Waals surface area contributed by atoms with Gasteiger partial charge in [-0.15, -0.1) is 11.8 Å². The van der Waals surface area contributed by atoms with Crippen molar-refractivity contribution in [1.82, 2.24) is 0 Å². The van der Waals surface area contributed by atoms with Gasteiger partial charge < -0.3 is 10.4 Å². The van der Waals surface area contributed by atoms with Gasteiger partial charge in [0.25, 0.3) is 0 Å². The van der Waals surface area contributed by atoms with E-state index in [-0.39, 0.29) is 17.8 Å². The fourth-order valence-corrected chi connectivity index (χ4v) is 3.99. The van der Waals surface area contributed by atoms with E-state index in [1.165, 1.54) is 11.8 Å². The number of aliphatic hydroxyl groups is 1. The normalized spacial score (nSPS) is 17.3. The number of thiocarbonyl (C=S) groups is 1. The van der Waals surface area contributed by atoms with Crippen LogP contribution in [-0.2, 0) is 4.79 Å². The number of hydrogen-bond donors (Lipinski definition) is 2. The molecule has 0 saturated carbocycles. The second-order valence-corrected chi connectivity index (χ2v) is 8.97. The number of allylic oxidation sites excluding steroid dienone is 1. The molecule has 0 aliphatic heterocycles. The summed E-state index contributed by atoms with van der Waals surface area (Å²) >= 11 is 10.2. The van der Waals surface area contributed by atoms with Crippen molar-refractivity contribution in [1.29, 1.82) is 0 Å². The highest BCUT2D eigenvalue weighted by Crippen LogP contribution is 2.39. The summed E-state index contributed by atoms with van der Waals surface area (Å²) in [5.41, 5.74) is 2.33. The number of nitrogens with one attached hydrogen (secondary N) is 1. The second-order valence-electron chi connectivity index (χ2n) is 6.29. The Morgan fingerprint density at radius 2 is 2.00 bits per heavy atom. The van der Waals surface area contributed by atoms with E-state index in [1.54, 1.807) is 0 Å². The molecule has 0 unspecified atom stereocenters. The topological polar surface area (TPSA) is 49.3 Å². The Morgan fingerprint density at radius 3 is 2.61 bits per heavy atom. The van der Waals surface area contributed by atoms with Gasteiger partial charge in [-0.2, -0.15) is 0 Å². The molecule has 23 heavy (non-hydrogen) atoms. The minimum absolute atomic E-state index is 0.0489. The number of halogens is 1. The molecule has 0 fully saturated rings. The quantitative estimate of drug-likeness (QED) is 0.692. The van der Waals surface area contributed by atoms with Crippen LogP contribution in [0.5, 0.6) is 0 Å². The third-order valence-electron chi connectivity index (χ3n) is 3.54. The summed E-state index contributed by atoms with van der Waals surface area (Å²) in [6.45, 7) is 4.23. The van der Waals surface area contributed by atoms with Gasteiger partial charge in [0.05, 0.1) is 16.4 Å². The molecule has 1 aromatic rings. The van der Waals surface area contributed by atoms with Gasteiger partial charge in [0.2, 0.25) is 0 Å². The molecule has 0 spiro atoms. The number of rotatable bonds is 5. The largest absolute Gasteiger partial charge is 0.396 e. The molecule has 0 heterocycles. The van der Waals surface area contributed by atoms with Gasteiger partial charge in [-0.1, -0.05) is 42.0 Å². The lowest BCUT2D eigenvalue weighted by molar-refractivity contribution is -0.117. The average molecular weight is 414 g/mol. The van der Waals surface area contributed by atoms with Gasteiger partial charge in [-0.25, -0.2) is 0 Å². The molecule has 1 aliphatic carbocycles. The van der Waals surface area contributed by atoms with Crippen LogP contribution < -0.4 is 5.32 Å². The Morgan fingerprint density at radius 1 is 1.35 bits per heavy atom. The van der Waals surface area contributed by atoms with Crippen molar-refractivity contribution in [3.8, 4) is 0 Å². The van der Waals surface area contributed by atoms with Crippen LogP contribution in [0, 0.1) is 5.41 Å². The van der Waals surface area contributed by atoms with Crippen LogP contribution in [-0.4, -0.2) is 27.4 Å². The van der Waals surface area contributed by atoms with Crippen molar-refractivity contribution in [2.75, 3.05) is 17.7 Å². The van der Waals surface area contributed by atoms with Crippen LogP contribution in [0.3, 0.4) is 0 Å². The first-order valence-corrected chi connectivity index (χ1v) is 9.58. The molecule has 2 rings (SSSR count). The van der Waals surface area contributed by atoms with Crippen molar-refractivity contribution in [2.24, 2.45) is 5.41 Å². The molecule has 0 aromatic heterocycles. The monoisotopic (exact) mass is 413 g/mol. The zero-order chi connectivity index (χ0) is 17.0. The van der Waals surface area contributed by atoms with E-state index >= 15 is 0 Å². The van der Waals surface area contributed by atoms with Crippen LogP contribution >= 0.6 is 39.9 Å². The standard InChI is InChI=1S/C17H20BrNO2S2/c1-17(2)9-13(19-12-5-3-11(18)4-6-12)15(14(21)10-17)16(22)23-8-7-20/h3-6,19-20H,7-10H2,1-2H3. The Balaban J connectivity index is 2.34. The summed E-state index contributed by atoms with van der Waals surface area (Å²) in [7, 11) is 0. The molecule has 0 bridgehead atoms. The van der Waals surface area contributed by atoms with Gasteiger partial charge >= 0.3 is 0 Å². The number of thioether (sulfide) groups is 1. The van der Waals surface area contributed by atoms with Gasteiger partial charge in [0, 0.05) is 28.0 Å². The number of aliphatic hydroxyl groups excluding tert-OH is 1. The predicted molar refractivity (Wildman–Crippen MR) is 105 cm³/mol. The van der Waals surface area contributed by atoms with E-state index in [2.05, 4.69) is 35.1 Å². The zero-order valence-corrected chi connectivity index (χ0v) is 16.4.